The van der Waals surface area contributed by atoms with Crippen LogP contribution in [0.2, 0.25) is 0 Å². The molecule has 0 amide bonds. The van der Waals surface area contributed by atoms with Crippen molar-refractivity contribution >= 4 is 87.2 Å². The number of aromatic nitrogens is 10. The average Bonchev–Trinajstić information content (AvgIpc) is 1.95. The normalized spacial score (nSPS) is 11.9. The van der Waals surface area contributed by atoms with E-state index >= 15 is 0 Å². The van der Waals surface area contributed by atoms with Gasteiger partial charge in [-0.15, -0.1) is 0 Å². The Labute approximate surface area is 468 Å². The van der Waals surface area contributed by atoms with Crippen molar-refractivity contribution in [1.82, 2.24) is 48.2 Å². The molecule has 0 fully saturated rings. The number of nitrogens with zero attached hydrogens (tertiary/aromatic N) is 10. The molecule has 0 aliphatic rings. The minimum atomic E-state index is 0.512. The first-order valence-corrected chi connectivity index (χ1v) is 27.5. The lowest BCUT2D eigenvalue weighted by molar-refractivity contribution is 0.953. The Balaban J connectivity index is 1.06. The molecule has 82 heavy (non-hydrogen) atoms. The van der Waals surface area contributed by atoms with Gasteiger partial charge in [0, 0.05) is 76.7 Å². The van der Waals surface area contributed by atoms with E-state index in [9.17, 15) is 0 Å². The van der Waals surface area contributed by atoms with Gasteiger partial charge in [0.05, 0.1) is 44.1 Å². The third kappa shape index (κ3) is 6.88. The summed E-state index contributed by atoms with van der Waals surface area (Å²) >= 11 is 0. The van der Waals surface area contributed by atoms with Crippen LogP contribution in [-0.2, 0) is 0 Å². The van der Waals surface area contributed by atoms with Gasteiger partial charge < -0.3 is 9.13 Å². The van der Waals surface area contributed by atoms with Gasteiger partial charge in [-0.2, -0.15) is 19.9 Å². The molecule has 10 heteroatoms. The number of hydrogen-bond acceptors (Lipinski definition) is 6. The molecule has 0 N–H and O–H groups in total. The Morgan fingerprint density at radius 2 is 0.500 bits per heavy atom. The first kappa shape index (κ1) is 45.6. The highest BCUT2D eigenvalue weighted by atomic mass is 15.2. The van der Waals surface area contributed by atoms with Crippen LogP contribution in [0.5, 0.6) is 0 Å². The second-order valence-electron chi connectivity index (χ2n) is 20.6. The van der Waals surface area contributed by atoms with Gasteiger partial charge in [0.25, 0.3) is 0 Å². The Morgan fingerprint density at radius 1 is 0.195 bits per heavy atom. The molecule has 11 aromatic carbocycles. The van der Waals surface area contributed by atoms with E-state index < -0.39 is 0 Å². The molecule has 6 aromatic heterocycles. The highest BCUT2D eigenvalue weighted by Gasteiger charge is 2.29. The van der Waals surface area contributed by atoms with E-state index in [4.69, 9.17) is 29.9 Å². The molecule has 0 unspecified atom stereocenters. The Hall–Kier alpha value is -11.4. The van der Waals surface area contributed by atoms with Crippen LogP contribution in [-0.4, -0.2) is 48.2 Å². The number of para-hydroxylation sites is 4. The van der Waals surface area contributed by atoms with E-state index in [1.807, 2.05) is 72.8 Å². The van der Waals surface area contributed by atoms with Gasteiger partial charge in [-0.3, -0.25) is 9.13 Å². The highest BCUT2D eigenvalue weighted by Crippen LogP contribution is 2.48. The fourth-order valence-corrected chi connectivity index (χ4v) is 12.6. The highest BCUT2D eigenvalue weighted by molar-refractivity contribution is 6.35. The van der Waals surface area contributed by atoms with E-state index in [0.717, 1.165) is 115 Å². The van der Waals surface area contributed by atoms with Crippen molar-refractivity contribution in [3.63, 3.8) is 0 Å². The zero-order valence-corrected chi connectivity index (χ0v) is 43.9. The van der Waals surface area contributed by atoms with Crippen LogP contribution in [0.3, 0.4) is 0 Å². The van der Waals surface area contributed by atoms with Gasteiger partial charge in [0.2, 0.25) is 11.9 Å². The second-order valence-corrected chi connectivity index (χ2v) is 20.6. The summed E-state index contributed by atoms with van der Waals surface area (Å²) in [7, 11) is 0. The van der Waals surface area contributed by atoms with Crippen molar-refractivity contribution in [2.45, 2.75) is 0 Å². The SMILES string of the molecule is c1ccc(-c2nc(-c3ccccc3)nc(-n3c4ccccc4c4c3ccc3c5c(ccc6c7c(ccc8c9ccccc9n(-c9ccccc9)c87)n(-c7nc(-c8ccccc8)nc(-c8ccccc8)n7)c65)n(-c5ccccc5)c34)n2)cc1. The van der Waals surface area contributed by atoms with Crippen LogP contribution in [0, 0.1) is 0 Å². The fourth-order valence-electron chi connectivity index (χ4n) is 12.6. The van der Waals surface area contributed by atoms with Crippen LogP contribution < -0.4 is 0 Å². The molecule has 0 aliphatic heterocycles. The number of fused-ring (bicyclic) bond motifs is 15. The lowest BCUT2D eigenvalue weighted by Gasteiger charge is -2.12. The summed E-state index contributed by atoms with van der Waals surface area (Å²) in [4.78, 5) is 32.0. The topological polar surface area (TPSA) is 97.1 Å². The minimum Gasteiger partial charge on any atom is -0.309 e. The molecule has 6 heterocycles. The van der Waals surface area contributed by atoms with E-state index in [1.165, 1.54) is 5.39 Å². The predicted molar refractivity (Wildman–Crippen MR) is 332 cm³/mol. The molecule has 10 nitrogen and oxygen atoms in total. The molecule has 0 saturated heterocycles. The summed E-state index contributed by atoms with van der Waals surface area (Å²) in [6.07, 6.45) is 0. The van der Waals surface area contributed by atoms with Gasteiger partial charge in [0.15, 0.2) is 23.3 Å². The largest absolute Gasteiger partial charge is 0.309 e. The van der Waals surface area contributed by atoms with Gasteiger partial charge in [-0.25, -0.2) is 9.97 Å². The number of rotatable bonds is 8. The van der Waals surface area contributed by atoms with Crippen LogP contribution >= 0.6 is 0 Å². The predicted octanol–water partition coefficient (Wildman–Crippen LogP) is 17.1. The minimum absolute atomic E-state index is 0.512. The van der Waals surface area contributed by atoms with Crippen LogP contribution in [0.4, 0.5) is 0 Å². The third-order valence-corrected chi connectivity index (χ3v) is 16.1. The third-order valence-electron chi connectivity index (χ3n) is 16.1. The number of hydrogen-bond donors (Lipinski definition) is 0. The number of benzene rings is 11. The average molecular weight is 1050 g/mol. The van der Waals surface area contributed by atoms with Crippen LogP contribution in [0.1, 0.15) is 0 Å². The first-order chi connectivity index (χ1) is 40.7. The standard InChI is InChI=1S/C72H44N10/c1-7-23-45(24-8-1)67-73-68(46-25-9-2-10-26-46)76-71(75-67)81-57-38-22-20-36-53(57)61-59(81)44-41-54-62-58(80(65(54)61)50-33-17-6-18-34-50)43-40-55-63-60(42-39-52-51-35-19-21-37-56(51)79(64(52)63)49-31-15-5-16-32-49)82(66(55)62)72-77-69(47-27-11-3-12-28-47)74-70(78-72)48-29-13-4-14-30-48/h1-44H. The molecule has 382 valence electrons. The molecule has 0 spiro atoms. The molecule has 0 bridgehead atoms. The lowest BCUT2D eigenvalue weighted by Crippen LogP contribution is -2.06. The summed E-state index contributed by atoms with van der Waals surface area (Å²) in [6, 6.07) is 93.3. The summed E-state index contributed by atoms with van der Waals surface area (Å²) in [5, 5.41) is 8.74. The van der Waals surface area contributed by atoms with E-state index in [-0.39, 0.29) is 0 Å². The summed E-state index contributed by atoms with van der Waals surface area (Å²) in [6.45, 7) is 0. The Morgan fingerprint density at radius 3 is 0.963 bits per heavy atom. The maximum absolute atomic E-state index is 5.52. The van der Waals surface area contributed by atoms with Gasteiger partial charge in [0.1, 0.15) is 0 Å². The Kier molecular flexibility index (Phi) is 10.1. The van der Waals surface area contributed by atoms with E-state index in [1.54, 1.807) is 0 Å². The smallest absolute Gasteiger partial charge is 0.238 e. The van der Waals surface area contributed by atoms with Gasteiger partial charge in [-0.1, -0.05) is 200 Å². The molecule has 0 aliphatic carbocycles. The summed E-state index contributed by atoms with van der Waals surface area (Å²) in [5.41, 5.74) is 13.9. The second kappa shape index (κ2) is 18.1. The van der Waals surface area contributed by atoms with Gasteiger partial charge in [-0.05, 0) is 66.7 Å². The monoisotopic (exact) mass is 1050 g/mol. The summed E-state index contributed by atoms with van der Waals surface area (Å²) in [5.74, 6) is 3.38. The maximum atomic E-state index is 5.52. The van der Waals surface area contributed by atoms with E-state index in [2.05, 4.69) is 212 Å². The van der Waals surface area contributed by atoms with Crippen molar-refractivity contribution in [3.8, 4) is 68.8 Å². The van der Waals surface area contributed by atoms with Crippen molar-refractivity contribution in [2.24, 2.45) is 0 Å². The van der Waals surface area contributed by atoms with Crippen LogP contribution in [0.15, 0.2) is 267 Å². The zero-order valence-electron chi connectivity index (χ0n) is 43.9. The molecule has 17 aromatic rings. The molecule has 0 saturated carbocycles. The van der Waals surface area contributed by atoms with E-state index in [0.29, 0.717) is 35.2 Å². The fraction of sp³-hybridized carbons (Fsp3) is 0. The lowest BCUT2D eigenvalue weighted by atomic mass is 10.0. The van der Waals surface area contributed by atoms with Crippen molar-refractivity contribution in [1.29, 1.82) is 0 Å². The quantitative estimate of drug-likeness (QED) is 0.150. The summed E-state index contributed by atoms with van der Waals surface area (Å²) < 4.78 is 9.39. The zero-order chi connectivity index (χ0) is 53.8. The van der Waals surface area contributed by atoms with Crippen molar-refractivity contribution in [2.75, 3.05) is 0 Å². The van der Waals surface area contributed by atoms with Crippen molar-refractivity contribution in [3.05, 3.63) is 267 Å². The molecular formula is C72H44N10. The Bertz CT molecular complexity index is 5250. The van der Waals surface area contributed by atoms with Gasteiger partial charge >= 0.3 is 0 Å². The van der Waals surface area contributed by atoms with Crippen LogP contribution in [0.25, 0.3) is 156 Å². The molecule has 17 rings (SSSR count). The first-order valence-electron chi connectivity index (χ1n) is 27.5. The van der Waals surface area contributed by atoms with Crippen molar-refractivity contribution < 1.29 is 0 Å². The maximum Gasteiger partial charge on any atom is 0.238 e. The molecule has 0 atom stereocenters. The molecule has 0 radical (unpaired) electrons. The molecular weight excluding hydrogens is 1000 g/mol.